The van der Waals surface area contributed by atoms with Crippen LogP contribution in [0.15, 0.2) is 30.5 Å². The van der Waals surface area contributed by atoms with Gasteiger partial charge in [-0.15, -0.1) is 0 Å². The van der Waals surface area contributed by atoms with Crippen molar-refractivity contribution < 1.29 is 52.6 Å². The summed E-state index contributed by atoms with van der Waals surface area (Å²) in [6.07, 6.45) is 0.282. The van der Waals surface area contributed by atoms with Crippen molar-refractivity contribution in [3.8, 4) is 6.07 Å². The molecule has 0 unspecified atom stereocenters. The Morgan fingerprint density at radius 2 is 1.34 bits per heavy atom. The Hall–Kier alpha value is -5.85. The normalized spacial score (nSPS) is 19.4. The molecule has 5 rings (SSSR count). The third-order valence-electron chi connectivity index (χ3n) is 10.3. The molecule has 0 radical (unpaired) electrons. The van der Waals surface area contributed by atoms with Gasteiger partial charge in [0.15, 0.2) is 0 Å². The van der Waals surface area contributed by atoms with Crippen LogP contribution in [0, 0.1) is 11.3 Å². The Morgan fingerprint density at radius 3 is 1.91 bits per heavy atom. The molecule has 58 heavy (non-hydrogen) atoms. The zero-order chi connectivity index (χ0) is 42.0. The van der Waals surface area contributed by atoms with Crippen molar-refractivity contribution >= 4 is 58.1 Å². The molecule has 19 nitrogen and oxygen atoms in total. The molecule has 0 saturated carbocycles. The second-order valence-corrected chi connectivity index (χ2v) is 14.4. The monoisotopic (exact) mass is 812 g/mol. The summed E-state index contributed by atoms with van der Waals surface area (Å²) < 4.78 is 27.6. The number of piperazine rings is 1. The first-order chi connectivity index (χ1) is 27.6. The van der Waals surface area contributed by atoms with E-state index in [1.54, 1.807) is 43.9 Å². The molecule has 3 fully saturated rings. The summed E-state index contributed by atoms with van der Waals surface area (Å²) in [5.74, 6) is -7.64. The number of nitrogens with one attached hydrogen (secondary N) is 2. The van der Waals surface area contributed by atoms with Gasteiger partial charge in [0.05, 0.1) is 55.6 Å². The quantitative estimate of drug-likeness (QED) is 0.194. The van der Waals surface area contributed by atoms with Gasteiger partial charge in [-0.1, -0.05) is 12.1 Å². The number of nitriles is 1. The Morgan fingerprint density at radius 1 is 0.776 bits per heavy atom. The molecule has 0 aliphatic carbocycles. The van der Waals surface area contributed by atoms with Crippen LogP contribution in [0.3, 0.4) is 0 Å². The van der Waals surface area contributed by atoms with E-state index in [9.17, 15) is 57.8 Å². The van der Waals surface area contributed by atoms with Crippen molar-refractivity contribution in [3.05, 3.63) is 36.0 Å². The van der Waals surface area contributed by atoms with E-state index in [-0.39, 0.29) is 87.2 Å². The van der Waals surface area contributed by atoms with Gasteiger partial charge in [0.2, 0.25) is 23.6 Å². The number of para-hydroxylation sites is 1. The highest BCUT2D eigenvalue weighted by Gasteiger charge is 2.47. The van der Waals surface area contributed by atoms with Gasteiger partial charge >= 0.3 is 11.9 Å². The molecule has 5 amide bonds. The van der Waals surface area contributed by atoms with E-state index in [0.29, 0.717) is 44.7 Å². The van der Waals surface area contributed by atoms with Crippen molar-refractivity contribution in [2.45, 2.75) is 31.2 Å². The SMILES string of the molecule is N#C[C@@H]1CC(F)(F)CN1C(=O)CNC(=O)c1ccnc2c(NC(=O)CCC(=O)N3CCN(C(=O)CN4CCN(CC(=O)O)CCN(CC(=O)O)CC4)CC3)cccc12. The Bertz CT molecular complexity index is 1910. The number of aliphatic carboxylic acids is 2. The van der Waals surface area contributed by atoms with Crippen LogP contribution in [-0.2, 0) is 28.8 Å². The van der Waals surface area contributed by atoms with Crippen molar-refractivity contribution in [1.29, 1.82) is 5.26 Å². The predicted octanol–water partition coefficient (Wildman–Crippen LogP) is -0.797. The van der Waals surface area contributed by atoms with Gasteiger partial charge < -0.3 is 35.5 Å². The summed E-state index contributed by atoms with van der Waals surface area (Å²) in [7, 11) is 0. The third-order valence-corrected chi connectivity index (χ3v) is 10.3. The van der Waals surface area contributed by atoms with Crippen LogP contribution in [0.1, 0.15) is 29.6 Å². The smallest absolute Gasteiger partial charge is 0.317 e. The van der Waals surface area contributed by atoms with E-state index in [1.807, 2.05) is 4.90 Å². The number of nitrogens with zero attached hydrogens (tertiary/aromatic N) is 8. The fourth-order valence-corrected chi connectivity index (χ4v) is 7.15. The zero-order valence-electron chi connectivity index (χ0n) is 31.8. The molecule has 21 heteroatoms. The maximum Gasteiger partial charge on any atom is 0.317 e. The third kappa shape index (κ3) is 11.8. The minimum Gasteiger partial charge on any atom is -0.480 e. The van der Waals surface area contributed by atoms with Crippen LogP contribution in [-0.4, -0.2) is 196 Å². The van der Waals surface area contributed by atoms with Gasteiger partial charge in [-0.25, -0.2) is 8.78 Å². The second-order valence-electron chi connectivity index (χ2n) is 14.4. The second kappa shape index (κ2) is 19.5. The molecule has 3 aliphatic heterocycles. The topological polar surface area (TPSA) is 240 Å². The fourth-order valence-electron chi connectivity index (χ4n) is 7.15. The van der Waals surface area contributed by atoms with E-state index in [1.165, 1.54) is 12.3 Å². The zero-order valence-corrected chi connectivity index (χ0v) is 31.8. The molecule has 1 atom stereocenters. The lowest BCUT2D eigenvalue weighted by molar-refractivity contribution is -0.140. The van der Waals surface area contributed by atoms with Crippen molar-refractivity contribution in [3.63, 3.8) is 0 Å². The van der Waals surface area contributed by atoms with E-state index in [0.717, 1.165) is 4.90 Å². The van der Waals surface area contributed by atoms with Gasteiger partial charge in [-0.3, -0.25) is 53.2 Å². The molecule has 0 spiro atoms. The highest BCUT2D eigenvalue weighted by atomic mass is 19.3. The van der Waals surface area contributed by atoms with Gasteiger partial charge in [0.1, 0.15) is 6.04 Å². The Balaban J connectivity index is 1.08. The molecule has 4 heterocycles. The summed E-state index contributed by atoms with van der Waals surface area (Å²) >= 11 is 0. The van der Waals surface area contributed by atoms with Crippen LogP contribution in [0.5, 0.6) is 0 Å². The number of alkyl halides is 2. The van der Waals surface area contributed by atoms with Gasteiger partial charge in [0, 0.05) is 96.3 Å². The maximum absolute atomic E-state index is 13.8. The van der Waals surface area contributed by atoms with Crippen LogP contribution in [0.2, 0.25) is 0 Å². The number of hydrogen-bond acceptors (Lipinski definition) is 12. The van der Waals surface area contributed by atoms with Crippen LogP contribution < -0.4 is 10.6 Å². The number of benzene rings is 1. The summed E-state index contributed by atoms with van der Waals surface area (Å²) in [6, 6.07) is 6.51. The molecule has 4 N–H and O–H groups in total. The minimum absolute atomic E-state index is 0.0526. The molecule has 312 valence electrons. The highest BCUT2D eigenvalue weighted by Crippen LogP contribution is 2.31. The number of aromatic nitrogens is 1. The number of fused-ring (bicyclic) bond motifs is 1. The number of carboxylic acids is 2. The molecule has 1 aromatic heterocycles. The van der Waals surface area contributed by atoms with Crippen LogP contribution >= 0.6 is 0 Å². The number of anilines is 1. The Labute approximate surface area is 332 Å². The fraction of sp³-hybridized carbons (Fsp3) is 0.541. The maximum atomic E-state index is 13.8. The van der Waals surface area contributed by atoms with Crippen molar-refractivity contribution in [2.24, 2.45) is 0 Å². The van der Waals surface area contributed by atoms with Crippen molar-refractivity contribution in [1.82, 2.24) is 39.7 Å². The highest BCUT2D eigenvalue weighted by molar-refractivity contribution is 6.10. The lowest BCUT2D eigenvalue weighted by Gasteiger charge is -2.36. The number of pyridine rings is 1. The van der Waals surface area contributed by atoms with E-state index in [4.69, 9.17) is 0 Å². The molecule has 1 aromatic carbocycles. The average Bonchev–Trinajstić information content (AvgIpc) is 3.55. The lowest BCUT2D eigenvalue weighted by atomic mass is 10.1. The number of carbonyl (C=O) groups is 7. The lowest BCUT2D eigenvalue weighted by Crippen LogP contribution is -2.53. The summed E-state index contributed by atoms with van der Waals surface area (Å²) in [5, 5.41) is 33.2. The molecule has 3 saturated heterocycles. The summed E-state index contributed by atoms with van der Waals surface area (Å²) in [6.45, 7) is 1.62. The number of amides is 5. The molecular formula is C37H46F2N10O9. The van der Waals surface area contributed by atoms with Crippen LogP contribution in [0.25, 0.3) is 10.9 Å². The number of hydrogen-bond donors (Lipinski definition) is 4. The molecular weight excluding hydrogens is 766 g/mol. The van der Waals surface area contributed by atoms with Gasteiger partial charge in [0.25, 0.3) is 11.8 Å². The minimum atomic E-state index is -3.20. The molecule has 3 aliphatic rings. The summed E-state index contributed by atoms with van der Waals surface area (Å²) in [5.41, 5.74) is 0.628. The molecule has 2 aromatic rings. The predicted molar refractivity (Wildman–Crippen MR) is 200 cm³/mol. The first-order valence-electron chi connectivity index (χ1n) is 18.8. The number of halogens is 2. The van der Waals surface area contributed by atoms with Gasteiger partial charge in [-0.2, -0.15) is 5.26 Å². The first-order valence-corrected chi connectivity index (χ1v) is 18.8. The van der Waals surface area contributed by atoms with E-state index >= 15 is 0 Å². The Kier molecular flexibility index (Phi) is 14.6. The van der Waals surface area contributed by atoms with E-state index < -0.39 is 61.1 Å². The standard InChI is InChI=1S/C37H46F2N10O9/c38-37(39)18-25(19-40)49(24-37)31(52)20-42-36(58)27-6-7-41-35-26(27)2-1-3-28(35)43-29(50)4-5-30(51)47-14-16-48(17-15-47)32(53)21-44-8-10-45(22-33(54)55)12-13-46(11-9-44)23-34(56)57/h1-3,6-7,25H,4-5,8-18,20-24H2,(H,42,58)(H,43,50)(H,54,55)(H,56,57)/t25-/m0/s1. The number of carbonyl (C=O) groups excluding carboxylic acids is 5. The largest absolute Gasteiger partial charge is 0.480 e. The number of rotatable bonds is 13. The average molecular weight is 813 g/mol. The first kappa shape index (κ1) is 43.3. The van der Waals surface area contributed by atoms with Crippen LogP contribution in [0.4, 0.5) is 14.5 Å². The number of likely N-dealkylation sites (tertiary alicyclic amines) is 1. The molecule has 0 bridgehead atoms. The van der Waals surface area contributed by atoms with Gasteiger partial charge in [-0.05, 0) is 12.1 Å². The summed E-state index contributed by atoms with van der Waals surface area (Å²) in [4.78, 5) is 101. The number of carboxylic acid groups (broad SMARTS) is 2. The van der Waals surface area contributed by atoms with E-state index in [2.05, 4.69) is 15.6 Å². The van der Waals surface area contributed by atoms with Crippen molar-refractivity contribution in [2.75, 3.05) is 103 Å².